The van der Waals surface area contributed by atoms with Crippen molar-refractivity contribution in [3.63, 3.8) is 0 Å². The fraction of sp³-hybridized carbons (Fsp3) is 1.00. The van der Waals surface area contributed by atoms with Crippen LogP contribution in [0.15, 0.2) is 0 Å². The molecule has 1 aliphatic carbocycles. The van der Waals surface area contributed by atoms with E-state index in [1.807, 2.05) is 0 Å². The quantitative estimate of drug-likeness (QED) is 0.492. The number of fused-ring (bicyclic) bond motifs is 2. The Morgan fingerprint density at radius 1 is 1.44 bits per heavy atom. The van der Waals surface area contributed by atoms with Crippen LogP contribution < -0.4 is 5.32 Å². The van der Waals surface area contributed by atoms with Crippen LogP contribution in [-0.2, 0) is 4.74 Å². The predicted molar refractivity (Wildman–Crippen MR) is 33.1 cm³/mol. The van der Waals surface area contributed by atoms with Gasteiger partial charge in [0.25, 0.3) is 0 Å². The normalized spacial score (nSPS) is 50.7. The minimum Gasteiger partial charge on any atom is -0.372 e. The molecule has 0 bridgehead atoms. The average Bonchev–Trinajstić information content (AvgIpc) is 2.42. The van der Waals surface area contributed by atoms with Crippen molar-refractivity contribution in [3.8, 4) is 0 Å². The van der Waals surface area contributed by atoms with E-state index in [0.29, 0.717) is 5.60 Å². The molecule has 0 aromatic rings. The summed E-state index contributed by atoms with van der Waals surface area (Å²) in [5.74, 6) is 1.89. The minimum absolute atomic E-state index is 0.338. The van der Waals surface area contributed by atoms with Gasteiger partial charge >= 0.3 is 0 Å². The lowest BCUT2D eigenvalue weighted by Crippen LogP contribution is -2.61. The third-order valence-corrected chi connectivity index (χ3v) is 3.03. The van der Waals surface area contributed by atoms with Crippen LogP contribution in [0.4, 0.5) is 0 Å². The summed E-state index contributed by atoms with van der Waals surface area (Å²) in [4.78, 5) is 0. The molecule has 0 radical (unpaired) electrons. The number of hydrogen-bond acceptors (Lipinski definition) is 2. The van der Waals surface area contributed by atoms with Gasteiger partial charge in [0.2, 0.25) is 0 Å². The van der Waals surface area contributed by atoms with Crippen molar-refractivity contribution < 1.29 is 4.74 Å². The molecule has 3 fully saturated rings. The average molecular weight is 125 g/mol. The fourth-order valence-corrected chi connectivity index (χ4v) is 2.19. The molecular weight excluding hydrogens is 114 g/mol. The molecule has 1 N–H and O–H groups in total. The topological polar surface area (TPSA) is 21.3 Å². The molecule has 9 heavy (non-hydrogen) atoms. The molecule has 50 valence electrons. The number of nitrogens with one attached hydrogen (secondary N) is 1. The Hall–Kier alpha value is -0.0800. The molecular formula is C7H11NO. The van der Waals surface area contributed by atoms with Crippen LogP contribution in [0.2, 0.25) is 0 Å². The van der Waals surface area contributed by atoms with E-state index in [4.69, 9.17) is 4.74 Å². The first-order chi connectivity index (χ1) is 4.41. The van der Waals surface area contributed by atoms with Gasteiger partial charge in [-0.2, -0.15) is 0 Å². The second kappa shape index (κ2) is 1.18. The van der Waals surface area contributed by atoms with Crippen LogP contribution in [0.1, 0.15) is 6.42 Å². The number of ether oxygens (including phenoxy) is 1. The lowest BCUT2D eigenvalue weighted by molar-refractivity contribution is -0.0620. The second-order valence-corrected chi connectivity index (χ2v) is 3.58. The summed E-state index contributed by atoms with van der Waals surface area (Å²) in [6.07, 6.45) is 1.45. The zero-order valence-corrected chi connectivity index (χ0v) is 5.39. The molecule has 3 aliphatic rings. The first-order valence-corrected chi connectivity index (χ1v) is 3.75. The Kier molecular flexibility index (Phi) is 0.616. The van der Waals surface area contributed by atoms with Crippen LogP contribution in [-0.4, -0.2) is 25.3 Å². The van der Waals surface area contributed by atoms with E-state index in [1.54, 1.807) is 0 Å². The van der Waals surface area contributed by atoms with E-state index in [-0.39, 0.29) is 0 Å². The van der Waals surface area contributed by atoms with Crippen molar-refractivity contribution >= 4 is 0 Å². The maximum absolute atomic E-state index is 5.68. The smallest absolute Gasteiger partial charge is 0.0961 e. The van der Waals surface area contributed by atoms with Crippen molar-refractivity contribution in [1.29, 1.82) is 0 Å². The van der Waals surface area contributed by atoms with Crippen molar-refractivity contribution in [2.45, 2.75) is 12.0 Å². The van der Waals surface area contributed by atoms with Crippen molar-refractivity contribution in [2.24, 2.45) is 11.8 Å². The Morgan fingerprint density at radius 2 is 2.33 bits per heavy atom. The lowest BCUT2D eigenvalue weighted by Gasteiger charge is -2.40. The number of hydrogen-bond donors (Lipinski definition) is 1. The summed E-state index contributed by atoms with van der Waals surface area (Å²) < 4.78 is 5.68. The van der Waals surface area contributed by atoms with Gasteiger partial charge in [-0.3, -0.25) is 0 Å². The van der Waals surface area contributed by atoms with E-state index in [0.717, 1.165) is 31.5 Å². The van der Waals surface area contributed by atoms with Crippen LogP contribution in [0.3, 0.4) is 0 Å². The van der Waals surface area contributed by atoms with Gasteiger partial charge in [0.05, 0.1) is 12.2 Å². The molecule has 2 nitrogen and oxygen atoms in total. The summed E-state index contributed by atoms with van der Waals surface area (Å²) in [7, 11) is 0. The van der Waals surface area contributed by atoms with E-state index >= 15 is 0 Å². The SMILES string of the molecule is C1OC2(CNC2)[C@@H]2C[C@@H]12. The Labute approximate surface area is 54.6 Å². The molecule has 2 atom stereocenters. The summed E-state index contributed by atoms with van der Waals surface area (Å²) >= 11 is 0. The van der Waals surface area contributed by atoms with Crippen LogP contribution in [0, 0.1) is 11.8 Å². The molecule has 0 aromatic carbocycles. The lowest BCUT2D eigenvalue weighted by atomic mass is 9.91. The van der Waals surface area contributed by atoms with Gasteiger partial charge in [-0.05, 0) is 18.3 Å². The third-order valence-electron chi connectivity index (χ3n) is 3.03. The van der Waals surface area contributed by atoms with Crippen molar-refractivity contribution in [1.82, 2.24) is 5.32 Å². The van der Waals surface area contributed by atoms with Gasteiger partial charge in [0.1, 0.15) is 0 Å². The molecule has 0 unspecified atom stereocenters. The maximum atomic E-state index is 5.68. The molecule has 0 aromatic heterocycles. The molecule has 2 saturated heterocycles. The molecule has 2 aliphatic heterocycles. The first-order valence-electron chi connectivity index (χ1n) is 3.75. The fourth-order valence-electron chi connectivity index (χ4n) is 2.19. The van der Waals surface area contributed by atoms with E-state index in [9.17, 15) is 0 Å². The van der Waals surface area contributed by atoms with Crippen LogP contribution >= 0.6 is 0 Å². The standard InChI is InChI=1S/C7H11NO/c1-5-2-9-7(6(1)5)3-8-4-7/h5-6,8H,1-4H2/t5-,6+/m0/s1. The first kappa shape index (κ1) is 4.69. The van der Waals surface area contributed by atoms with E-state index in [2.05, 4.69) is 5.32 Å². The highest BCUT2D eigenvalue weighted by molar-refractivity contribution is 5.13. The second-order valence-electron chi connectivity index (χ2n) is 3.58. The maximum Gasteiger partial charge on any atom is 0.0961 e. The highest BCUT2D eigenvalue weighted by Gasteiger charge is 2.61. The van der Waals surface area contributed by atoms with E-state index in [1.165, 1.54) is 6.42 Å². The summed E-state index contributed by atoms with van der Waals surface area (Å²) in [5.41, 5.74) is 0.338. The molecule has 1 saturated carbocycles. The van der Waals surface area contributed by atoms with Crippen molar-refractivity contribution in [3.05, 3.63) is 0 Å². The highest BCUT2D eigenvalue weighted by Crippen LogP contribution is 2.55. The van der Waals surface area contributed by atoms with Gasteiger partial charge in [-0.25, -0.2) is 0 Å². The molecule has 2 heterocycles. The summed E-state index contributed by atoms with van der Waals surface area (Å²) in [5, 5.41) is 3.28. The minimum atomic E-state index is 0.338. The molecule has 0 amide bonds. The van der Waals surface area contributed by atoms with Gasteiger partial charge in [0.15, 0.2) is 0 Å². The Balaban J connectivity index is 1.90. The zero-order chi connectivity index (χ0) is 5.90. The Morgan fingerprint density at radius 3 is 2.56 bits per heavy atom. The zero-order valence-electron chi connectivity index (χ0n) is 5.39. The van der Waals surface area contributed by atoms with Crippen LogP contribution in [0.5, 0.6) is 0 Å². The largest absolute Gasteiger partial charge is 0.372 e. The van der Waals surface area contributed by atoms with Gasteiger partial charge < -0.3 is 10.1 Å². The van der Waals surface area contributed by atoms with Gasteiger partial charge in [-0.1, -0.05) is 0 Å². The monoisotopic (exact) mass is 125 g/mol. The number of rotatable bonds is 0. The molecule has 3 rings (SSSR count). The highest BCUT2D eigenvalue weighted by atomic mass is 16.5. The van der Waals surface area contributed by atoms with Gasteiger partial charge in [-0.15, -0.1) is 0 Å². The third kappa shape index (κ3) is 0.413. The van der Waals surface area contributed by atoms with Crippen molar-refractivity contribution in [2.75, 3.05) is 19.7 Å². The molecule has 2 heteroatoms. The Bertz CT molecular complexity index is 153. The molecule has 1 spiro atoms. The summed E-state index contributed by atoms with van der Waals surface area (Å²) in [6, 6.07) is 0. The van der Waals surface area contributed by atoms with Crippen LogP contribution in [0.25, 0.3) is 0 Å². The predicted octanol–water partition coefficient (Wildman–Crippen LogP) is -0.00530. The van der Waals surface area contributed by atoms with E-state index < -0.39 is 0 Å². The van der Waals surface area contributed by atoms with Gasteiger partial charge in [0, 0.05) is 13.1 Å². The summed E-state index contributed by atoms with van der Waals surface area (Å²) in [6.45, 7) is 3.29.